The lowest BCUT2D eigenvalue weighted by Crippen LogP contribution is -2.11. The molecule has 48 valence electrons. The minimum atomic E-state index is 1.21. The molecule has 0 atom stereocenters. The molecule has 0 spiro atoms. The van der Waals surface area contributed by atoms with Crippen LogP contribution < -0.4 is 4.90 Å². The molecule has 1 aromatic rings. The number of hydrogen-bond acceptors (Lipinski definition) is 2. The minimum absolute atomic E-state index is 1.21. The summed E-state index contributed by atoms with van der Waals surface area (Å²) in [5.74, 6) is 0. The summed E-state index contributed by atoms with van der Waals surface area (Å²) in [7, 11) is 2.16. The van der Waals surface area contributed by atoms with Gasteiger partial charge in [-0.3, -0.25) is 0 Å². The van der Waals surface area contributed by atoms with E-state index in [1.165, 1.54) is 23.5 Å². The average molecular weight is 139 g/mol. The molecule has 1 aliphatic rings. The fourth-order valence-electron chi connectivity index (χ4n) is 1.24. The standard InChI is InChI=1S/C7H9NS/c1-8-4-2-6-3-5-9-7(6)8/h3,5H,2,4H2,1H3. The molecule has 0 unspecified atom stereocenters. The summed E-state index contributed by atoms with van der Waals surface area (Å²) < 4.78 is 0. The molecule has 1 nitrogen and oxygen atoms in total. The molecule has 2 heteroatoms. The van der Waals surface area contributed by atoms with Crippen molar-refractivity contribution in [3.05, 3.63) is 17.0 Å². The third kappa shape index (κ3) is 0.663. The van der Waals surface area contributed by atoms with Gasteiger partial charge in [0.2, 0.25) is 0 Å². The third-order valence-corrected chi connectivity index (χ3v) is 2.86. The number of thiophene rings is 1. The second-order valence-electron chi connectivity index (χ2n) is 2.42. The molecule has 0 bridgehead atoms. The summed E-state index contributed by atoms with van der Waals surface area (Å²) in [6.45, 7) is 1.21. The van der Waals surface area contributed by atoms with Crippen LogP contribution >= 0.6 is 11.3 Å². The third-order valence-electron chi connectivity index (χ3n) is 1.79. The lowest BCUT2D eigenvalue weighted by atomic mass is 10.3. The van der Waals surface area contributed by atoms with Crippen LogP contribution in [-0.4, -0.2) is 13.6 Å². The zero-order valence-electron chi connectivity index (χ0n) is 5.42. The summed E-state index contributed by atoms with van der Waals surface area (Å²) >= 11 is 1.85. The van der Waals surface area contributed by atoms with Gasteiger partial charge in [-0.15, -0.1) is 11.3 Å². The Morgan fingerprint density at radius 1 is 1.67 bits per heavy atom. The van der Waals surface area contributed by atoms with Gasteiger partial charge in [-0.25, -0.2) is 0 Å². The van der Waals surface area contributed by atoms with E-state index < -0.39 is 0 Å². The number of anilines is 1. The maximum absolute atomic E-state index is 2.32. The molecule has 0 fully saturated rings. The van der Waals surface area contributed by atoms with Crippen LogP contribution in [0.5, 0.6) is 0 Å². The maximum atomic E-state index is 2.32. The van der Waals surface area contributed by atoms with Crippen molar-refractivity contribution >= 4 is 16.3 Å². The smallest absolute Gasteiger partial charge is 0.0939 e. The summed E-state index contributed by atoms with van der Waals surface area (Å²) in [6, 6.07) is 2.23. The van der Waals surface area contributed by atoms with Gasteiger partial charge in [-0.2, -0.15) is 0 Å². The first-order chi connectivity index (χ1) is 4.38. The Hall–Kier alpha value is -0.500. The molecule has 2 heterocycles. The highest BCUT2D eigenvalue weighted by atomic mass is 32.1. The summed E-state index contributed by atoms with van der Waals surface area (Å²) in [5, 5.41) is 3.63. The van der Waals surface area contributed by atoms with Gasteiger partial charge in [0, 0.05) is 13.6 Å². The van der Waals surface area contributed by atoms with Crippen LogP contribution in [0.2, 0.25) is 0 Å². The Morgan fingerprint density at radius 3 is 3.33 bits per heavy atom. The molecule has 0 radical (unpaired) electrons. The summed E-state index contributed by atoms with van der Waals surface area (Å²) in [4.78, 5) is 2.32. The van der Waals surface area contributed by atoms with E-state index >= 15 is 0 Å². The van der Waals surface area contributed by atoms with E-state index in [1.54, 1.807) is 0 Å². The van der Waals surface area contributed by atoms with Crippen molar-refractivity contribution in [3.63, 3.8) is 0 Å². The van der Waals surface area contributed by atoms with Gasteiger partial charge < -0.3 is 4.90 Å². The number of fused-ring (bicyclic) bond motifs is 1. The Bertz CT molecular complexity index is 216. The molecule has 0 N–H and O–H groups in total. The van der Waals surface area contributed by atoms with Gasteiger partial charge >= 0.3 is 0 Å². The number of hydrogen-bond donors (Lipinski definition) is 0. The molecule has 0 saturated heterocycles. The first kappa shape index (κ1) is 5.30. The van der Waals surface area contributed by atoms with Crippen LogP contribution in [0.1, 0.15) is 5.56 Å². The SMILES string of the molecule is CN1CCc2ccsc21. The van der Waals surface area contributed by atoms with E-state index in [9.17, 15) is 0 Å². The zero-order chi connectivity index (χ0) is 6.27. The van der Waals surface area contributed by atoms with Gasteiger partial charge in [-0.1, -0.05) is 0 Å². The molecule has 1 aliphatic heterocycles. The molecule has 9 heavy (non-hydrogen) atoms. The highest BCUT2D eigenvalue weighted by Crippen LogP contribution is 2.31. The first-order valence-electron chi connectivity index (χ1n) is 3.15. The molecule has 2 rings (SSSR count). The van der Waals surface area contributed by atoms with Crippen molar-refractivity contribution in [3.8, 4) is 0 Å². The van der Waals surface area contributed by atoms with E-state index in [2.05, 4.69) is 23.4 Å². The van der Waals surface area contributed by atoms with E-state index in [-0.39, 0.29) is 0 Å². The number of likely N-dealkylation sites (N-methyl/N-ethyl adjacent to an activating group) is 1. The highest BCUT2D eigenvalue weighted by Gasteiger charge is 2.15. The topological polar surface area (TPSA) is 3.24 Å². The van der Waals surface area contributed by atoms with Crippen molar-refractivity contribution in [1.82, 2.24) is 0 Å². The van der Waals surface area contributed by atoms with Crippen molar-refractivity contribution in [1.29, 1.82) is 0 Å². The quantitative estimate of drug-likeness (QED) is 0.529. The van der Waals surface area contributed by atoms with E-state index in [0.717, 1.165) is 0 Å². The van der Waals surface area contributed by atoms with Gasteiger partial charge in [0.15, 0.2) is 0 Å². The van der Waals surface area contributed by atoms with Crippen molar-refractivity contribution in [2.45, 2.75) is 6.42 Å². The van der Waals surface area contributed by atoms with Crippen LogP contribution in [0.4, 0.5) is 5.00 Å². The molecule has 0 saturated carbocycles. The van der Waals surface area contributed by atoms with Crippen molar-refractivity contribution in [2.75, 3.05) is 18.5 Å². The lowest BCUT2D eigenvalue weighted by Gasteiger charge is -2.07. The van der Waals surface area contributed by atoms with Crippen molar-refractivity contribution in [2.24, 2.45) is 0 Å². The van der Waals surface area contributed by atoms with E-state index in [4.69, 9.17) is 0 Å². The van der Waals surface area contributed by atoms with Crippen LogP contribution in [0.3, 0.4) is 0 Å². The monoisotopic (exact) mass is 139 g/mol. The second-order valence-corrected chi connectivity index (χ2v) is 3.32. The van der Waals surface area contributed by atoms with Crippen molar-refractivity contribution < 1.29 is 0 Å². The average Bonchev–Trinajstić information content (AvgIpc) is 2.35. The molecular weight excluding hydrogens is 130 g/mol. The molecular formula is C7H9NS. The predicted octanol–water partition coefficient (Wildman–Crippen LogP) is 1.74. The lowest BCUT2D eigenvalue weighted by molar-refractivity contribution is 0.959. The van der Waals surface area contributed by atoms with Crippen LogP contribution in [0.25, 0.3) is 0 Å². The zero-order valence-corrected chi connectivity index (χ0v) is 6.24. The normalized spacial score (nSPS) is 16.3. The predicted molar refractivity (Wildman–Crippen MR) is 41.3 cm³/mol. The Morgan fingerprint density at radius 2 is 2.56 bits per heavy atom. The van der Waals surface area contributed by atoms with Gasteiger partial charge in [0.05, 0.1) is 5.00 Å². The largest absolute Gasteiger partial charge is 0.366 e. The Labute approximate surface area is 58.9 Å². The number of nitrogens with zero attached hydrogens (tertiary/aromatic N) is 1. The van der Waals surface area contributed by atoms with Crippen LogP contribution in [0, 0.1) is 0 Å². The summed E-state index contributed by atoms with van der Waals surface area (Å²) in [6.07, 6.45) is 1.25. The van der Waals surface area contributed by atoms with E-state index in [1.807, 2.05) is 11.3 Å². The highest BCUT2D eigenvalue weighted by molar-refractivity contribution is 7.14. The first-order valence-corrected chi connectivity index (χ1v) is 4.03. The van der Waals surface area contributed by atoms with E-state index in [0.29, 0.717) is 0 Å². The van der Waals surface area contributed by atoms with Gasteiger partial charge in [0.1, 0.15) is 0 Å². The fourth-order valence-corrected chi connectivity index (χ4v) is 2.20. The van der Waals surface area contributed by atoms with Gasteiger partial charge in [0.25, 0.3) is 0 Å². The van der Waals surface area contributed by atoms with Crippen LogP contribution in [-0.2, 0) is 6.42 Å². The maximum Gasteiger partial charge on any atom is 0.0939 e. The Kier molecular flexibility index (Phi) is 1.02. The second kappa shape index (κ2) is 1.74. The fraction of sp³-hybridized carbons (Fsp3) is 0.429. The van der Waals surface area contributed by atoms with Crippen LogP contribution in [0.15, 0.2) is 11.4 Å². The molecule has 0 aromatic carbocycles. The van der Waals surface area contributed by atoms with Gasteiger partial charge in [-0.05, 0) is 23.4 Å². The summed E-state index contributed by atoms with van der Waals surface area (Å²) in [5.41, 5.74) is 1.53. The molecule has 0 aliphatic carbocycles. The molecule has 1 aromatic heterocycles. The minimum Gasteiger partial charge on any atom is -0.366 e. The number of rotatable bonds is 0. The molecule has 0 amide bonds. The Balaban J connectivity index is 2.49.